The van der Waals surface area contributed by atoms with Gasteiger partial charge in [-0.1, -0.05) is 0 Å². The highest BCUT2D eigenvalue weighted by molar-refractivity contribution is 5.89. The Morgan fingerprint density at radius 3 is 2.18 bits per heavy atom. The minimum atomic E-state index is -1.38. The third-order valence-electron chi connectivity index (χ3n) is 1.82. The van der Waals surface area contributed by atoms with Gasteiger partial charge in [0, 0.05) is 19.2 Å². The zero-order valence-electron chi connectivity index (χ0n) is 8.47. The third kappa shape index (κ3) is 3.01. The Hall–Kier alpha value is -2.42. The molecule has 0 amide bonds. The molecule has 0 aromatic carbocycles. The summed E-state index contributed by atoms with van der Waals surface area (Å²) in [4.78, 5) is 47.4. The van der Waals surface area contributed by atoms with E-state index in [9.17, 15) is 19.2 Å². The third-order valence-corrected chi connectivity index (χ3v) is 1.82. The van der Waals surface area contributed by atoms with Gasteiger partial charge in [-0.2, -0.15) is 0 Å². The lowest BCUT2D eigenvalue weighted by atomic mass is 10.2. The first kappa shape index (κ1) is 12.6. The van der Waals surface area contributed by atoms with E-state index in [0.29, 0.717) is 4.57 Å². The minimum Gasteiger partial charge on any atom is -0.478 e. The number of aliphatic carboxylic acids is 1. The van der Waals surface area contributed by atoms with Crippen molar-refractivity contribution in [1.82, 2.24) is 14.5 Å². The van der Waals surface area contributed by atoms with E-state index in [0.717, 1.165) is 6.20 Å². The molecule has 9 nitrogen and oxygen atoms in total. The molecule has 0 aliphatic heterocycles. The summed E-state index contributed by atoms with van der Waals surface area (Å²) in [6, 6.07) is 0. The van der Waals surface area contributed by atoms with Crippen LogP contribution in [-0.2, 0) is 4.79 Å². The van der Waals surface area contributed by atoms with Crippen LogP contribution in [0.25, 0.3) is 6.20 Å². The summed E-state index contributed by atoms with van der Waals surface area (Å²) < 4.78 is 0.403. The molecule has 0 atom stereocenters. The monoisotopic (exact) mass is 243 g/mol. The predicted molar refractivity (Wildman–Crippen MR) is 55.6 cm³/mol. The molecule has 0 saturated carbocycles. The normalized spacial score (nSPS) is 11.5. The first-order valence-corrected chi connectivity index (χ1v) is 4.45. The van der Waals surface area contributed by atoms with Crippen molar-refractivity contribution in [2.75, 3.05) is 6.61 Å². The van der Waals surface area contributed by atoms with Crippen LogP contribution in [0.1, 0.15) is 6.42 Å². The predicted octanol–water partition coefficient (Wildman–Crippen LogP) is -2.47. The highest BCUT2D eigenvalue weighted by Gasteiger charge is 2.09. The Balaban J connectivity index is 3.40. The molecule has 92 valence electrons. The van der Waals surface area contributed by atoms with Crippen LogP contribution in [0.15, 0.2) is 20.0 Å². The zero-order valence-corrected chi connectivity index (χ0v) is 8.47. The lowest BCUT2D eigenvalue weighted by Crippen LogP contribution is -2.41. The van der Waals surface area contributed by atoms with Crippen molar-refractivity contribution in [3.63, 3.8) is 0 Å². The van der Waals surface area contributed by atoms with Crippen LogP contribution in [0.5, 0.6) is 0 Å². The van der Waals surface area contributed by atoms with Crippen molar-refractivity contribution < 1.29 is 15.0 Å². The van der Waals surface area contributed by atoms with E-state index in [2.05, 4.69) is 0 Å². The zero-order chi connectivity index (χ0) is 13.0. The summed E-state index contributed by atoms with van der Waals surface area (Å²) in [7, 11) is 0. The number of hydrogen-bond acceptors (Lipinski definition) is 5. The number of aromatic amines is 2. The van der Waals surface area contributed by atoms with Gasteiger partial charge < -0.3 is 10.2 Å². The molecule has 17 heavy (non-hydrogen) atoms. The largest absolute Gasteiger partial charge is 0.478 e. The van der Waals surface area contributed by atoms with Gasteiger partial charge >= 0.3 is 23.0 Å². The summed E-state index contributed by atoms with van der Waals surface area (Å²) in [5.41, 5.74) is -3.44. The molecule has 1 aromatic heterocycles. The van der Waals surface area contributed by atoms with Crippen LogP contribution in [0.4, 0.5) is 0 Å². The Morgan fingerprint density at radius 1 is 1.24 bits per heavy atom. The maximum absolute atomic E-state index is 11.2. The van der Waals surface area contributed by atoms with E-state index in [4.69, 9.17) is 10.2 Å². The number of carbonyl (C=O) groups is 1. The molecule has 1 heterocycles. The van der Waals surface area contributed by atoms with E-state index < -0.39 is 29.6 Å². The second kappa shape index (κ2) is 5.07. The van der Waals surface area contributed by atoms with E-state index >= 15 is 0 Å². The summed E-state index contributed by atoms with van der Waals surface area (Å²) in [5.74, 6) is -1.38. The number of carboxylic acids is 1. The topological polar surface area (TPSA) is 145 Å². The van der Waals surface area contributed by atoms with Crippen molar-refractivity contribution in [3.8, 4) is 0 Å². The number of nitrogens with zero attached hydrogens (tertiary/aromatic N) is 1. The van der Waals surface area contributed by atoms with Crippen LogP contribution in [-0.4, -0.2) is 37.3 Å². The molecule has 4 N–H and O–H groups in total. The van der Waals surface area contributed by atoms with Gasteiger partial charge in [-0.05, 0) is 0 Å². The van der Waals surface area contributed by atoms with Gasteiger partial charge in [0.2, 0.25) is 0 Å². The summed E-state index contributed by atoms with van der Waals surface area (Å²) in [6.07, 6.45) is 0.510. The number of aliphatic hydroxyl groups is 1. The molecule has 0 aliphatic rings. The summed E-state index contributed by atoms with van der Waals surface area (Å²) >= 11 is 0. The number of H-pyrrole nitrogens is 2. The first-order valence-electron chi connectivity index (χ1n) is 4.45. The molecule has 0 fully saturated rings. The fourth-order valence-corrected chi connectivity index (χ4v) is 1.06. The highest BCUT2D eigenvalue weighted by Crippen LogP contribution is 2.00. The van der Waals surface area contributed by atoms with Gasteiger partial charge in [0.25, 0.3) is 0 Å². The molecule has 0 unspecified atom stereocenters. The lowest BCUT2D eigenvalue weighted by Gasteiger charge is -2.00. The van der Waals surface area contributed by atoms with E-state index in [1.54, 1.807) is 9.97 Å². The van der Waals surface area contributed by atoms with Gasteiger partial charge in [0.1, 0.15) is 0 Å². The van der Waals surface area contributed by atoms with Crippen molar-refractivity contribution in [2.45, 2.75) is 6.42 Å². The fourth-order valence-electron chi connectivity index (χ4n) is 1.06. The Labute approximate surface area is 92.7 Å². The summed E-state index contributed by atoms with van der Waals surface area (Å²) in [6.45, 7) is -0.450. The van der Waals surface area contributed by atoms with Gasteiger partial charge in [-0.3, -0.25) is 9.97 Å². The Bertz CT molecular complexity index is 585. The Kier molecular flexibility index (Phi) is 3.78. The van der Waals surface area contributed by atoms with Gasteiger partial charge in [-0.15, -0.1) is 0 Å². The maximum Gasteiger partial charge on any atom is 0.337 e. The quantitative estimate of drug-likeness (QED) is 0.431. The van der Waals surface area contributed by atoms with Gasteiger partial charge in [0.05, 0.1) is 5.57 Å². The van der Waals surface area contributed by atoms with Crippen molar-refractivity contribution in [3.05, 3.63) is 37.0 Å². The van der Waals surface area contributed by atoms with Crippen molar-refractivity contribution in [1.29, 1.82) is 0 Å². The molecule has 9 heteroatoms. The second-order valence-corrected chi connectivity index (χ2v) is 2.99. The minimum absolute atomic E-state index is 0.236. The van der Waals surface area contributed by atoms with Gasteiger partial charge in [0.15, 0.2) is 0 Å². The highest BCUT2D eigenvalue weighted by atomic mass is 16.4. The first-order chi connectivity index (χ1) is 7.95. The average molecular weight is 243 g/mol. The number of aliphatic hydroxyl groups excluding tert-OH is 1. The van der Waals surface area contributed by atoms with Crippen molar-refractivity contribution in [2.24, 2.45) is 0 Å². The van der Waals surface area contributed by atoms with E-state index in [-0.39, 0.29) is 12.0 Å². The van der Waals surface area contributed by atoms with Crippen LogP contribution in [0, 0.1) is 0 Å². The van der Waals surface area contributed by atoms with Gasteiger partial charge in [-0.25, -0.2) is 23.7 Å². The average Bonchev–Trinajstić information content (AvgIpc) is 2.21. The molecule has 0 bridgehead atoms. The number of hydrogen-bond donors (Lipinski definition) is 4. The number of nitrogens with one attached hydrogen (secondary N) is 2. The smallest absolute Gasteiger partial charge is 0.337 e. The fraction of sp³-hybridized carbons (Fsp3) is 0.250. The SMILES string of the molecule is O=C(O)C(=Cn1c(=O)[nH]c(=O)[nH]c1=O)CCO. The maximum atomic E-state index is 11.2. The molecule has 0 spiro atoms. The van der Waals surface area contributed by atoms with E-state index in [1.807, 2.05) is 0 Å². The lowest BCUT2D eigenvalue weighted by molar-refractivity contribution is -0.132. The molecule has 0 saturated heterocycles. The number of carboxylic acid groups (broad SMARTS) is 1. The van der Waals surface area contributed by atoms with Crippen LogP contribution < -0.4 is 17.1 Å². The molecular formula is C8H9N3O6. The molecule has 0 aliphatic carbocycles. The number of aromatic nitrogens is 3. The molecule has 1 aromatic rings. The molecule has 1 rings (SSSR count). The molecule has 0 radical (unpaired) electrons. The van der Waals surface area contributed by atoms with Crippen LogP contribution in [0.3, 0.4) is 0 Å². The van der Waals surface area contributed by atoms with Crippen LogP contribution in [0.2, 0.25) is 0 Å². The Morgan fingerprint density at radius 2 is 1.76 bits per heavy atom. The standard InChI is InChI=1S/C8H9N3O6/c12-2-1-4(5(13)14)3-11-7(16)9-6(15)10-8(11)17/h3,12H,1-2H2,(H,13,14)(H2,9,10,15,16,17). The number of rotatable bonds is 4. The van der Waals surface area contributed by atoms with Crippen molar-refractivity contribution >= 4 is 12.2 Å². The second-order valence-electron chi connectivity index (χ2n) is 2.99. The molecular weight excluding hydrogens is 234 g/mol. The van der Waals surface area contributed by atoms with E-state index in [1.165, 1.54) is 0 Å². The van der Waals surface area contributed by atoms with Crippen LogP contribution >= 0.6 is 0 Å². The summed E-state index contributed by atoms with van der Waals surface area (Å²) in [5, 5.41) is 17.3.